The number of carbonyl (C=O) groups is 4. The van der Waals surface area contributed by atoms with E-state index in [0.29, 0.717) is 11.4 Å². The summed E-state index contributed by atoms with van der Waals surface area (Å²) in [5.41, 5.74) is 0.0760. The number of ether oxygens (including phenoxy) is 1. The Labute approximate surface area is 207 Å². The largest absolute Gasteiger partial charge is 0.551 e. The van der Waals surface area contributed by atoms with Crippen LogP contribution < -0.4 is 10.6 Å². The maximum Gasteiger partial charge on any atom is 0.551 e. The van der Waals surface area contributed by atoms with E-state index in [1.54, 1.807) is 0 Å². The van der Waals surface area contributed by atoms with E-state index in [1.807, 2.05) is 13.8 Å². The third-order valence-electron chi connectivity index (χ3n) is 4.94. The average Bonchev–Trinajstić information content (AvgIpc) is 2.96. The Morgan fingerprint density at radius 3 is 2.59 bits per heavy atom. The smallest absolute Gasteiger partial charge is 0.508 e. The van der Waals surface area contributed by atoms with E-state index in [4.69, 9.17) is 37.2 Å². The molecule has 0 radical (unpaired) electrons. The molecule has 1 heterocycles. The topological polar surface area (TPSA) is 140 Å². The molecule has 1 saturated heterocycles. The van der Waals surface area contributed by atoms with Crippen molar-refractivity contribution in [3.63, 3.8) is 0 Å². The zero-order valence-corrected chi connectivity index (χ0v) is 20.5. The number of benzene rings is 1. The second kappa shape index (κ2) is 12.9. The fourth-order valence-corrected chi connectivity index (χ4v) is 3.72. The molecular formula is C21H27BCl2N2O8. The summed E-state index contributed by atoms with van der Waals surface area (Å²) >= 11 is 12.0. The van der Waals surface area contributed by atoms with Crippen molar-refractivity contribution < 1.29 is 38.3 Å². The van der Waals surface area contributed by atoms with Gasteiger partial charge in [0, 0.05) is 18.6 Å². The van der Waals surface area contributed by atoms with Crippen LogP contribution in [0.1, 0.15) is 43.5 Å². The second-order valence-corrected chi connectivity index (χ2v) is 9.05. The number of hydrogen-bond donors (Lipinski definition) is 3. The van der Waals surface area contributed by atoms with Gasteiger partial charge in [0.05, 0.1) is 23.1 Å². The summed E-state index contributed by atoms with van der Waals surface area (Å²) in [5, 5.41) is 15.1. The average molecular weight is 517 g/mol. The Morgan fingerprint density at radius 1 is 1.26 bits per heavy atom. The van der Waals surface area contributed by atoms with Crippen molar-refractivity contribution in [1.82, 2.24) is 10.6 Å². The highest BCUT2D eigenvalue weighted by atomic mass is 35.5. The van der Waals surface area contributed by atoms with Gasteiger partial charge < -0.3 is 29.8 Å². The molecule has 0 spiro atoms. The number of carbonyl (C=O) groups excluding carboxylic acids is 3. The minimum Gasteiger partial charge on any atom is -0.508 e. The Hall–Kier alpha value is -2.34. The van der Waals surface area contributed by atoms with Gasteiger partial charge in [-0.15, -0.1) is 0 Å². The fourth-order valence-electron chi connectivity index (χ4n) is 3.34. The zero-order chi connectivity index (χ0) is 25.4. The Balaban J connectivity index is 2.21. The predicted molar refractivity (Wildman–Crippen MR) is 125 cm³/mol. The van der Waals surface area contributed by atoms with Crippen LogP contribution >= 0.6 is 23.2 Å². The lowest BCUT2D eigenvalue weighted by atomic mass is 9.73. The van der Waals surface area contributed by atoms with E-state index in [0.717, 1.165) is 0 Å². The van der Waals surface area contributed by atoms with Crippen molar-refractivity contribution in [2.24, 2.45) is 5.92 Å². The van der Waals surface area contributed by atoms with Gasteiger partial charge in [-0.2, -0.15) is 0 Å². The van der Waals surface area contributed by atoms with Gasteiger partial charge in [0.1, 0.15) is 12.1 Å². The van der Waals surface area contributed by atoms with Gasteiger partial charge in [0.2, 0.25) is 5.91 Å². The molecule has 0 aromatic heterocycles. The van der Waals surface area contributed by atoms with Gasteiger partial charge in [-0.1, -0.05) is 37.0 Å². The Kier molecular flexibility index (Phi) is 10.6. The van der Waals surface area contributed by atoms with Crippen LogP contribution in [0.2, 0.25) is 10.0 Å². The molecular weight excluding hydrogens is 490 g/mol. The minimum absolute atomic E-state index is 0.0277. The molecule has 1 aromatic rings. The van der Waals surface area contributed by atoms with Crippen LogP contribution in [0.15, 0.2) is 18.2 Å². The molecule has 186 valence electrons. The number of carboxylic acids is 1. The number of aliphatic carboxylic acids is 1. The molecule has 0 bridgehead atoms. The monoisotopic (exact) mass is 516 g/mol. The highest BCUT2D eigenvalue weighted by Crippen LogP contribution is 2.21. The van der Waals surface area contributed by atoms with E-state index in [2.05, 4.69) is 10.6 Å². The summed E-state index contributed by atoms with van der Waals surface area (Å²) in [6.07, 6.45) is -1.12. The summed E-state index contributed by atoms with van der Waals surface area (Å²) in [6.45, 7) is 3.58. The molecule has 0 aliphatic carbocycles. The third kappa shape index (κ3) is 8.16. The number of rotatable bonds is 10. The molecule has 34 heavy (non-hydrogen) atoms. The molecule has 3 atom stereocenters. The second-order valence-electron chi connectivity index (χ2n) is 8.21. The first-order valence-electron chi connectivity index (χ1n) is 10.6. The SMILES string of the molecule is COC[C@H](NC(=O)c1cc(Cl)ccc1Cl)C(=O)N[C@@H](CC(C)C)B1OC(=O)CCC(C(=O)O)O1. The number of carboxylic acid groups (broad SMARTS) is 1. The van der Waals surface area contributed by atoms with Crippen molar-refractivity contribution in [3.05, 3.63) is 33.8 Å². The molecule has 1 aromatic carbocycles. The minimum atomic E-state index is -1.32. The molecule has 0 saturated carbocycles. The van der Waals surface area contributed by atoms with E-state index in [9.17, 15) is 24.3 Å². The summed E-state index contributed by atoms with van der Waals surface area (Å²) in [4.78, 5) is 49.3. The number of nitrogens with one attached hydrogen (secondary N) is 2. The van der Waals surface area contributed by atoms with Crippen molar-refractivity contribution >= 4 is 54.1 Å². The maximum absolute atomic E-state index is 13.1. The summed E-state index contributed by atoms with van der Waals surface area (Å²) in [6, 6.07) is 3.21. The Morgan fingerprint density at radius 2 is 1.97 bits per heavy atom. The predicted octanol–water partition coefficient (Wildman–Crippen LogP) is 2.10. The lowest BCUT2D eigenvalue weighted by Gasteiger charge is -2.27. The lowest BCUT2D eigenvalue weighted by Crippen LogP contribution is -2.57. The highest BCUT2D eigenvalue weighted by molar-refractivity contribution is 6.49. The fraction of sp³-hybridized carbons (Fsp3) is 0.524. The van der Waals surface area contributed by atoms with E-state index >= 15 is 0 Å². The molecule has 1 unspecified atom stereocenters. The van der Waals surface area contributed by atoms with Crippen LogP contribution in [0.4, 0.5) is 0 Å². The quantitative estimate of drug-likeness (QED) is 0.401. The molecule has 10 nitrogen and oxygen atoms in total. The summed E-state index contributed by atoms with van der Waals surface area (Å²) in [5.74, 6) is -4.00. The standard InChI is InChI=1S/C21H27BCl2N2O8/c1-11(2)8-17(22-33-16(21(30)31)6-7-18(27)34-22)26-20(29)15(10-32-3)25-19(28)13-9-12(23)4-5-14(13)24/h4-5,9,11,15-17H,6-8,10H2,1-3H3,(H,25,28)(H,26,29)(H,30,31)/t15-,16?,17-/m0/s1. The molecule has 2 rings (SSSR count). The molecule has 1 aliphatic rings. The zero-order valence-electron chi connectivity index (χ0n) is 19.0. The first kappa shape index (κ1) is 27.9. The van der Waals surface area contributed by atoms with Gasteiger partial charge in [0.15, 0.2) is 0 Å². The molecule has 1 aliphatic heterocycles. The first-order valence-corrected chi connectivity index (χ1v) is 11.4. The molecule has 13 heteroatoms. The number of amides is 2. The van der Waals surface area contributed by atoms with Gasteiger partial charge >= 0.3 is 13.1 Å². The van der Waals surface area contributed by atoms with E-state index in [-0.39, 0.29) is 36.0 Å². The van der Waals surface area contributed by atoms with Crippen LogP contribution in [0.5, 0.6) is 0 Å². The van der Waals surface area contributed by atoms with Crippen LogP contribution in [-0.4, -0.2) is 67.8 Å². The van der Waals surface area contributed by atoms with Crippen molar-refractivity contribution in [2.45, 2.75) is 51.2 Å². The number of hydrogen-bond acceptors (Lipinski definition) is 7. The molecule has 3 N–H and O–H groups in total. The van der Waals surface area contributed by atoms with Crippen molar-refractivity contribution in [3.8, 4) is 0 Å². The number of halogens is 2. The first-order chi connectivity index (χ1) is 16.0. The van der Waals surface area contributed by atoms with Crippen molar-refractivity contribution in [2.75, 3.05) is 13.7 Å². The van der Waals surface area contributed by atoms with Gasteiger partial charge in [-0.25, -0.2) is 4.79 Å². The van der Waals surface area contributed by atoms with Gasteiger partial charge in [-0.05, 0) is 37.0 Å². The molecule has 2 amide bonds. The number of methoxy groups -OCH3 is 1. The van der Waals surface area contributed by atoms with Gasteiger partial charge in [0.25, 0.3) is 11.9 Å². The molecule has 1 fully saturated rings. The lowest BCUT2D eigenvalue weighted by molar-refractivity contribution is -0.145. The van der Waals surface area contributed by atoms with E-state index in [1.165, 1.54) is 25.3 Å². The Bertz CT molecular complexity index is 917. The van der Waals surface area contributed by atoms with Crippen LogP contribution in [0, 0.1) is 5.92 Å². The maximum atomic E-state index is 13.1. The third-order valence-corrected chi connectivity index (χ3v) is 5.51. The van der Waals surface area contributed by atoms with Crippen LogP contribution in [0.3, 0.4) is 0 Å². The highest BCUT2D eigenvalue weighted by Gasteiger charge is 2.42. The van der Waals surface area contributed by atoms with Crippen LogP contribution in [0.25, 0.3) is 0 Å². The normalized spacial score (nSPS) is 18.0. The summed E-state index contributed by atoms with van der Waals surface area (Å²) < 4.78 is 15.9. The summed E-state index contributed by atoms with van der Waals surface area (Å²) in [7, 11) is 0.0432. The van der Waals surface area contributed by atoms with Crippen molar-refractivity contribution in [1.29, 1.82) is 0 Å². The van der Waals surface area contributed by atoms with Gasteiger partial charge in [-0.3, -0.25) is 14.4 Å². The van der Waals surface area contributed by atoms with Crippen LogP contribution in [-0.2, 0) is 28.4 Å². The van der Waals surface area contributed by atoms with E-state index < -0.39 is 49.0 Å².